The highest BCUT2D eigenvalue weighted by molar-refractivity contribution is 5.35. The third kappa shape index (κ3) is 1.97. The Hall–Kier alpha value is -1.87. The molecule has 0 atom stereocenters. The van der Waals surface area contributed by atoms with Crippen LogP contribution in [0.3, 0.4) is 0 Å². The zero-order valence-electron chi connectivity index (χ0n) is 8.13. The van der Waals surface area contributed by atoms with Crippen molar-refractivity contribution in [3.8, 4) is 5.69 Å². The van der Waals surface area contributed by atoms with E-state index in [1.54, 1.807) is 29.0 Å². The van der Waals surface area contributed by atoms with Crippen molar-refractivity contribution < 1.29 is 5.11 Å². The van der Waals surface area contributed by atoms with Crippen molar-refractivity contribution in [3.05, 3.63) is 64.6 Å². The Labute approximate surface area is 87.2 Å². The molecule has 1 aromatic carbocycles. The predicted octanol–water partition coefficient (Wildman–Crippen LogP) is 1.33. The predicted molar refractivity (Wildman–Crippen MR) is 58.0 cm³/mol. The molecule has 0 spiro atoms. The Morgan fingerprint density at radius 1 is 1.13 bits per heavy atom. The van der Waals surface area contributed by atoms with Crippen molar-refractivity contribution in [3.63, 3.8) is 0 Å². The maximum atomic E-state index is 11.5. The Bertz CT molecular complexity index is 517. The van der Waals surface area contributed by atoms with Crippen LogP contribution in [-0.4, -0.2) is 9.67 Å². The summed E-state index contributed by atoms with van der Waals surface area (Å²) in [7, 11) is 0. The molecule has 0 saturated heterocycles. The van der Waals surface area contributed by atoms with Crippen LogP contribution in [0.15, 0.2) is 53.5 Å². The molecule has 0 aliphatic carbocycles. The summed E-state index contributed by atoms with van der Waals surface area (Å²) >= 11 is 0. The Balaban J connectivity index is 2.54. The van der Waals surface area contributed by atoms with E-state index < -0.39 is 0 Å². The number of aliphatic hydroxyl groups is 1. The van der Waals surface area contributed by atoms with Gasteiger partial charge in [0.05, 0.1) is 6.61 Å². The van der Waals surface area contributed by atoms with Crippen LogP contribution in [0.5, 0.6) is 0 Å². The Morgan fingerprint density at radius 2 is 2.00 bits per heavy atom. The molecule has 0 saturated carbocycles. The molecular weight excluding hydrogens is 190 g/mol. The first-order valence-corrected chi connectivity index (χ1v) is 4.69. The lowest BCUT2D eigenvalue weighted by atomic mass is 10.2. The van der Waals surface area contributed by atoms with E-state index in [4.69, 9.17) is 5.11 Å². The number of aromatic nitrogens is 1. The molecule has 15 heavy (non-hydrogen) atoms. The number of hydrogen-bond donors (Lipinski definition) is 1. The molecule has 1 N–H and O–H groups in total. The number of rotatable bonds is 2. The second-order valence-electron chi connectivity index (χ2n) is 3.24. The summed E-state index contributed by atoms with van der Waals surface area (Å²) in [5.74, 6) is 0. The monoisotopic (exact) mass is 201 g/mol. The molecule has 0 fully saturated rings. The lowest BCUT2D eigenvalue weighted by molar-refractivity contribution is 0.282. The summed E-state index contributed by atoms with van der Waals surface area (Å²) in [5, 5.41) is 8.99. The summed E-state index contributed by atoms with van der Waals surface area (Å²) in [5.41, 5.74) is 1.49. The molecular formula is C12H11NO2. The summed E-state index contributed by atoms with van der Waals surface area (Å²) < 4.78 is 1.54. The van der Waals surface area contributed by atoms with Crippen LogP contribution >= 0.6 is 0 Å². The van der Waals surface area contributed by atoms with E-state index in [2.05, 4.69) is 0 Å². The fourth-order valence-electron chi connectivity index (χ4n) is 1.45. The van der Waals surface area contributed by atoms with Crippen LogP contribution in [0.25, 0.3) is 5.69 Å². The van der Waals surface area contributed by atoms with Crippen molar-refractivity contribution in [1.29, 1.82) is 0 Å². The summed E-state index contributed by atoms with van der Waals surface area (Å²) in [6, 6.07) is 12.3. The molecule has 0 amide bonds. The highest BCUT2D eigenvalue weighted by Crippen LogP contribution is 2.08. The highest BCUT2D eigenvalue weighted by Gasteiger charge is 1.98. The van der Waals surface area contributed by atoms with Gasteiger partial charge in [0, 0.05) is 18.0 Å². The minimum absolute atomic E-state index is 0.0184. The molecule has 3 nitrogen and oxygen atoms in total. The van der Waals surface area contributed by atoms with Gasteiger partial charge in [0.1, 0.15) is 0 Å². The number of aliphatic hydroxyl groups excluding tert-OH is 1. The quantitative estimate of drug-likeness (QED) is 0.796. The second kappa shape index (κ2) is 4.11. The summed E-state index contributed by atoms with van der Waals surface area (Å²) in [6.07, 6.45) is 1.71. The first-order valence-electron chi connectivity index (χ1n) is 4.69. The molecule has 0 aliphatic rings. The molecule has 3 heteroatoms. The lowest BCUT2D eigenvalue weighted by Crippen LogP contribution is -2.15. The van der Waals surface area contributed by atoms with Crippen molar-refractivity contribution >= 4 is 0 Å². The normalized spacial score (nSPS) is 10.2. The average Bonchev–Trinajstić information content (AvgIpc) is 2.30. The summed E-state index contributed by atoms with van der Waals surface area (Å²) in [6.45, 7) is -0.0184. The van der Waals surface area contributed by atoms with E-state index in [1.165, 1.54) is 6.07 Å². The van der Waals surface area contributed by atoms with Crippen LogP contribution in [0.1, 0.15) is 5.56 Å². The molecule has 0 radical (unpaired) electrons. The maximum absolute atomic E-state index is 11.5. The molecule has 0 bridgehead atoms. The number of pyridine rings is 1. The minimum Gasteiger partial charge on any atom is -0.392 e. The standard InChI is InChI=1S/C12H11NO2/c14-9-10-4-3-5-11(8-10)13-7-2-1-6-12(13)15/h1-8,14H,9H2. The van der Waals surface area contributed by atoms with Crippen molar-refractivity contribution in [2.24, 2.45) is 0 Å². The minimum atomic E-state index is -0.0763. The zero-order valence-corrected chi connectivity index (χ0v) is 8.13. The van der Waals surface area contributed by atoms with Gasteiger partial charge < -0.3 is 5.11 Å². The van der Waals surface area contributed by atoms with Gasteiger partial charge >= 0.3 is 0 Å². The second-order valence-corrected chi connectivity index (χ2v) is 3.24. The van der Waals surface area contributed by atoms with Gasteiger partial charge in [0.2, 0.25) is 0 Å². The van der Waals surface area contributed by atoms with Gasteiger partial charge in [-0.3, -0.25) is 9.36 Å². The first kappa shape index (κ1) is 9.68. The van der Waals surface area contributed by atoms with E-state index in [0.717, 1.165) is 11.3 Å². The topological polar surface area (TPSA) is 42.2 Å². The van der Waals surface area contributed by atoms with Gasteiger partial charge in [-0.1, -0.05) is 18.2 Å². The molecule has 1 aromatic heterocycles. The van der Waals surface area contributed by atoms with Crippen molar-refractivity contribution in [2.45, 2.75) is 6.61 Å². The SMILES string of the molecule is O=c1ccccn1-c1cccc(CO)c1. The Morgan fingerprint density at radius 3 is 2.73 bits per heavy atom. The molecule has 76 valence electrons. The molecule has 1 heterocycles. The number of benzene rings is 1. The molecule has 2 aromatic rings. The fraction of sp³-hybridized carbons (Fsp3) is 0.0833. The van der Waals surface area contributed by atoms with Gasteiger partial charge in [0.15, 0.2) is 0 Å². The van der Waals surface area contributed by atoms with Gasteiger partial charge in [0.25, 0.3) is 5.56 Å². The van der Waals surface area contributed by atoms with E-state index in [1.807, 2.05) is 18.2 Å². The largest absolute Gasteiger partial charge is 0.392 e. The zero-order chi connectivity index (χ0) is 10.7. The fourth-order valence-corrected chi connectivity index (χ4v) is 1.45. The smallest absolute Gasteiger partial charge is 0.255 e. The number of hydrogen-bond acceptors (Lipinski definition) is 2. The molecule has 2 rings (SSSR count). The third-order valence-corrected chi connectivity index (χ3v) is 2.19. The van der Waals surface area contributed by atoms with Crippen LogP contribution in [0, 0.1) is 0 Å². The van der Waals surface area contributed by atoms with Crippen LogP contribution in [-0.2, 0) is 6.61 Å². The average molecular weight is 201 g/mol. The van der Waals surface area contributed by atoms with E-state index in [-0.39, 0.29) is 12.2 Å². The van der Waals surface area contributed by atoms with Gasteiger partial charge in [-0.15, -0.1) is 0 Å². The van der Waals surface area contributed by atoms with Crippen molar-refractivity contribution in [2.75, 3.05) is 0 Å². The lowest BCUT2D eigenvalue weighted by Gasteiger charge is -2.05. The molecule has 0 aliphatic heterocycles. The van der Waals surface area contributed by atoms with Gasteiger partial charge in [-0.05, 0) is 23.8 Å². The van der Waals surface area contributed by atoms with E-state index in [9.17, 15) is 4.79 Å². The number of nitrogens with zero attached hydrogens (tertiary/aromatic N) is 1. The van der Waals surface area contributed by atoms with Gasteiger partial charge in [-0.25, -0.2) is 0 Å². The van der Waals surface area contributed by atoms with E-state index in [0.29, 0.717) is 0 Å². The highest BCUT2D eigenvalue weighted by atomic mass is 16.3. The van der Waals surface area contributed by atoms with E-state index >= 15 is 0 Å². The van der Waals surface area contributed by atoms with Crippen LogP contribution in [0.2, 0.25) is 0 Å². The maximum Gasteiger partial charge on any atom is 0.255 e. The van der Waals surface area contributed by atoms with Gasteiger partial charge in [-0.2, -0.15) is 0 Å². The van der Waals surface area contributed by atoms with Crippen molar-refractivity contribution in [1.82, 2.24) is 4.57 Å². The third-order valence-electron chi connectivity index (χ3n) is 2.19. The summed E-state index contributed by atoms with van der Waals surface area (Å²) in [4.78, 5) is 11.5. The van der Waals surface area contributed by atoms with Crippen LogP contribution < -0.4 is 5.56 Å². The van der Waals surface area contributed by atoms with Crippen LogP contribution in [0.4, 0.5) is 0 Å². The molecule has 0 unspecified atom stereocenters. The first-order chi connectivity index (χ1) is 7.31. The Kier molecular flexibility index (Phi) is 2.65.